The number of methoxy groups -OCH3 is 1. The van der Waals surface area contributed by atoms with Crippen molar-refractivity contribution in [2.24, 2.45) is 0 Å². The van der Waals surface area contributed by atoms with Gasteiger partial charge in [0.25, 0.3) is 0 Å². The van der Waals surface area contributed by atoms with Gasteiger partial charge in [0.15, 0.2) is 11.5 Å². The van der Waals surface area contributed by atoms with E-state index in [4.69, 9.17) is 4.74 Å². The van der Waals surface area contributed by atoms with Crippen LogP contribution in [0.3, 0.4) is 0 Å². The normalized spacial score (nSPS) is 20.4. The molecule has 1 atom stereocenters. The summed E-state index contributed by atoms with van der Waals surface area (Å²) >= 11 is 0. The van der Waals surface area contributed by atoms with Crippen LogP contribution in [0, 0.1) is 0 Å². The Hall–Kier alpha value is -1.48. The van der Waals surface area contributed by atoms with E-state index in [0.29, 0.717) is 11.8 Å². The molecule has 3 heteroatoms. The summed E-state index contributed by atoms with van der Waals surface area (Å²) in [5, 5.41) is 12.9. The number of phenolic OH excluding ortho intramolecular Hbond substituents is 1. The second-order valence-corrected chi connectivity index (χ2v) is 3.99. The van der Waals surface area contributed by atoms with Crippen molar-refractivity contribution in [2.45, 2.75) is 18.9 Å². The van der Waals surface area contributed by atoms with Crippen LogP contribution in [0.5, 0.6) is 11.5 Å². The molecule has 1 aromatic carbocycles. The van der Waals surface area contributed by atoms with Crippen molar-refractivity contribution in [1.29, 1.82) is 0 Å². The minimum absolute atomic E-state index is 0.179. The predicted octanol–water partition coefficient (Wildman–Crippen LogP) is 2.17. The number of ether oxygens (including phenoxy) is 1. The van der Waals surface area contributed by atoms with Crippen molar-refractivity contribution in [3.63, 3.8) is 0 Å². The molecule has 0 aromatic heterocycles. The Kier molecular flexibility index (Phi) is 3.47. The van der Waals surface area contributed by atoms with E-state index in [1.807, 2.05) is 12.1 Å². The second kappa shape index (κ2) is 5.03. The summed E-state index contributed by atoms with van der Waals surface area (Å²) in [4.78, 5) is 0. The fourth-order valence-corrected chi connectivity index (χ4v) is 1.90. The van der Waals surface area contributed by atoms with Crippen LogP contribution in [0.4, 0.5) is 0 Å². The molecule has 1 fully saturated rings. The highest BCUT2D eigenvalue weighted by Crippen LogP contribution is 2.26. The van der Waals surface area contributed by atoms with Crippen molar-refractivity contribution in [2.75, 3.05) is 13.7 Å². The Morgan fingerprint density at radius 2 is 2.38 bits per heavy atom. The standard InChI is InChI=1S/C13H17NO2/c1-16-13-9-10(5-7-12(13)15)4-6-11-3-2-8-14-11/h4-7,9,11,14-15H,2-3,8H2,1H3/b6-4+. The summed E-state index contributed by atoms with van der Waals surface area (Å²) in [6.07, 6.45) is 6.67. The minimum atomic E-state index is 0.179. The zero-order valence-electron chi connectivity index (χ0n) is 9.44. The average Bonchev–Trinajstić information content (AvgIpc) is 2.81. The summed E-state index contributed by atoms with van der Waals surface area (Å²) in [6, 6.07) is 5.85. The largest absolute Gasteiger partial charge is 0.504 e. The van der Waals surface area contributed by atoms with Crippen molar-refractivity contribution >= 4 is 6.08 Å². The van der Waals surface area contributed by atoms with E-state index in [1.165, 1.54) is 12.8 Å². The molecule has 1 unspecified atom stereocenters. The summed E-state index contributed by atoms with van der Waals surface area (Å²) in [7, 11) is 1.56. The minimum Gasteiger partial charge on any atom is -0.504 e. The van der Waals surface area contributed by atoms with E-state index in [0.717, 1.165) is 12.1 Å². The van der Waals surface area contributed by atoms with Gasteiger partial charge in [-0.25, -0.2) is 0 Å². The lowest BCUT2D eigenvalue weighted by Crippen LogP contribution is -2.17. The van der Waals surface area contributed by atoms with Gasteiger partial charge in [-0.1, -0.05) is 18.2 Å². The number of phenols is 1. The van der Waals surface area contributed by atoms with E-state index in [-0.39, 0.29) is 5.75 Å². The van der Waals surface area contributed by atoms with Gasteiger partial charge in [-0.15, -0.1) is 0 Å². The van der Waals surface area contributed by atoms with Crippen molar-refractivity contribution in [3.05, 3.63) is 29.8 Å². The molecule has 0 radical (unpaired) electrons. The molecule has 0 bridgehead atoms. The number of rotatable bonds is 3. The lowest BCUT2D eigenvalue weighted by Gasteiger charge is -2.05. The average molecular weight is 219 g/mol. The summed E-state index contributed by atoms with van der Waals surface area (Å²) in [5.74, 6) is 0.695. The van der Waals surface area contributed by atoms with Crippen molar-refractivity contribution in [3.8, 4) is 11.5 Å². The third-order valence-electron chi connectivity index (χ3n) is 2.82. The number of aromatic hydroxyl groups is 1. The lowest BCUT2D eigenvalue weighted by atomic mass is 10.1. The molecule has 0 saturated carbocycles. The molecule has 16 heavy (non-hydrogen) atoms. The number of hydrogen-bond donors (Lipinski definition) is 2. The topological polar surface area (TPSA) is 41.5 Å². The maximum atomic E-state index is 9.45. The van der Waals surface area contributed by atoms with Gasteiger partial charge < -0.3 is 15.2 Å². The van der Waals surface area contributed by atoms with E-state index in [2.05, 4.69) is 17.5 Å². The van der Waals surface area contributed by atoms with Crippen LogP contribution in [-0.2, 0) is 0 Å². The number of nitrogens with one attached hydrogen (secondary N) is 1. The Labute approximate surface area is 95.7 Å². The van der Waals surface area contributed by atoms with Crippen LogP contribution in [0.2, 0.25) is 0 Å². The van der Waals surface area contributed by atoms with E-state index >= 15 is 0 Å². The van der Waals surface area contributed by atoms with Gasteiger partial charge in [0, 0.05) is 6.04 Å². The Balaban J connectivity index is 2.08. The van der Waals surface area contributed by atoms with Crippen LogP contribution >= 0.6 is 0 Å². The molecule has 2 rings (SSSR count). The third kappa shape index (κ3) is 2.55. The van der Waals surface area contributed by atoms with Gasteiger partial charge >= 0.3 is 0 Å². The Morgan fingerprint density at radius 1 is 1.50 bits per heavy atom. The molecule has 0 aliphatic carbocycles. The molecule has 1 heterocycles. The molecular formula is C13H17NO2. The lowest BCUT2D eigenvalue weighted by molar-refractivity contribution is 0.373. The summed E-state index contributed by atoms with van der Waals surface area (Å²) < 4.78 is 5.06. The first-order chi connectivity index (χ1) is 7.79. The molecule has 3 nitrogen and oxygen atoms in total. The second-order valence-electron chi connectivity index (χ2n) is 3.99. The predicted molar refractivity (Wildman–Crippen MR) is 64.7 cm³/mol. The summed E-state index contributed by atoms with van der Waals surface area (Å²) in [5.41, 5.74) is 1.04. The van der Waals surface area contributed by atoms with Gasteiger partial charge in [-0.2, -0.15) is 0 Å². The molecule has 1 aromatic rings. The first-order valence-electron chi connectivity index (χ1n) is 5.58. The highest BCUT2D eigenvalue weighted by atomic mass is 16.5. The smallest absolute Gasteiger partial charge is 0.161 e. The third-order valence-corrected chi connectivity index (χ3v) is 2.82. The number of hydrogen-bond acceptors (Lipinski definition) is 3. The van der Waals surface area contributed by atoms with Crippen LogP contribution in [-0.4, -0.2) is 24.8 Å². The molecule has 1 aliphatic heterocycles. The Morgan fingerprint density at radius 3 is 3.06 bits per heavy atom. The van der Waals surface area contributed by atoms with Crippen molar-refractivity contribution in [1.82, 2.24) is 5.32 Å². The highest BCUT2D eigenvalue weighted by Gasteiger charge is 2.09. The maximum absolute atomic E-state index is 9.45. The fraction of sp³-hybridized carbons (Fsp3) is 0.385. The molecular weight excluding hydrogens is 202 g/mol. The zero-order chi connectivity index (χ0) is 11.4. The fourth-order valence-electron chi connectivity index (χ4n) is 1.90. The van der Waals surface area contributed by atoms with Crippen LogP contribution in [0.25, 0.3) is 6.08 Å². The molecule has 1 aliphatic rings. The maximum Gasteiger partial charge on any atom is 0.161 e. The Bertz CT molecular complexity index is 382. The van der Waals surface area contributed by atoms with Crippen LogP contribution in [0.15, 0.2) is 24.3 Å². The first-order valence-corrected chi connectivity index (χ1v) is 5.58. The van der Waals surface area contributed by atoms with Gasteiger partial charge in [0.1, 0.15) is 0 Å². The number of benzene rings is 1. The van der Waals surface area contributed by atoms with Crippen LogP contribution < -0.4 is 10.1 Å². The SMILES string of the molecule is COc1cc(/C=C/C2CCCN2)ccc1O. The quantitative estimate of drug-likeness (QED) is 0.818. The molecule has 2 N–H and O–H groups in total. The monoisotopic (exact) mass is 219 g/mol. The molecule has 1 saturated heterocycles. The highest BCUT2D eigenvalue weighted by molar-refractivity contribution is 5.56. The van der Waals surface area contributed by atoms with E-state index in [1.54, 1.807) is 13.2 Å². The molecule has 86 valence electrons. The molecule has 0 amide bonds. The molecule has 0 spiro atoms. The van der Waals surface area contributed by atoms with Gasteiger partial charge in [-0.3, -0.25) is 0 Å². The van der Waals surface area contributed by atoms with Crippen molar-refractivity contribution < 1.29 is 9.84 Å². The van der Waals surface area contributed by atoms with E-state index < -0.39 is 0 Å². The van der Waals surface area contributed by atoms with Gasteiger partial charge in [0.2, 0.25) is 0 Å². The van der Waals surface area contributed by atoms with Gasteiger partial charge in [0.05, 0.1) is 7.11 Å². The van der Waals surface area contributed by atoms with E-state index in [9.17, 15) is 5.11 Å². The van der Waals surface area contributed by atoms with Crippen LogP contribution in [0.1, 0.15) is 18.4 Å². The zero-order valence-corrected chi connectivity index (χ0v) is 9.44. The first kappa shape index (κ1) is 11.0. The summed E-state index contributed by atoms with van der Waals surface area (Å²) in [6.45, 7) is 1.11. The van der Waals surface area contributed by atoms with Gasteiger partial charge in [-0.05, 0) is 37.1 Å².